The molecule has 0 bridgehead atoms. The SMILES string of the molecule is CCCN1CCC(N2CC3CN(C(=O)Nc4ccccc4)CC3C2)CC1. The van der Waals surface area contributed by atoms with Gasteiger partial charge < -0.3 is 15.1 Å². The molecule has 1 aromatic rings. The van der Waals surface area contributed by atoms with E-state index < -0.39 is 0 Å². The lowest BCUT2D eigenvalue weighted by Crippen LogP contribution is -2.45. The Bertz CT molecular complexity index is 585. The highest BCUT2D eigenvalue weighted by Gasteiger charge is 2.43. The van der Waals surface area contributed by atoms with Crippen molar-refractivity contribution in [3.05, 3.63) is 30.3 Å². The Morgan fingerprint density at radius 3 is 2.31 bits per heavy atom. The van der Waals surface area contributed by atoms with Crippen molar-refractivity contribution < 1.29 is 4.79 Å². The van der Waals surface area contributed by atoms with E-state index in [1.807, 2.05) is 35.2 Å². The number of rotatable bonds is 4. The van der Waals surface area contributed by atoms with Crippen molar-refractivity contribution in [3.63, 3.8) is 0 Å². The number of hydrogen-bond acceptors (Lipinski definition) is 3. The number of anilines is 1. The molecule has 3 fully saturated rings. The third-order valence-corrected chi connectivity index (χ3v) is 6.44. The number of nitrogens with one attached hydrogen (secondary N) is 1. The highest BCUT2D eigenvalue weighted by Crippen LogP contribution is 2.34. The van der Waals surface area contributed by atoms with E-state index in [4.69, 9.17) is 0 Å². The van der Waals surface area contributed by atoms with E-state index in [1.165, 1.54) is 52.0 Å². The largest absolute Gasteiger partial charge is 0.324 e. The average molecular weight is 357 g/mol. The Kier molecular flexibility index (Phi) is 5.46. The summed E-state index contributed by atoms with van der Waals surface area (Å²) in [4.78, 5) is 19.9. The van der Waals surface area contributed by atoms with Gasteiger partial charge in [-0.1, -0.05) is 25.1 Å². The van der Waals surface area contributed by atoms with E-state index in [0.717, 1.165) is 24.8 Å². The van der Waals surface area contributed by atoms with Crippen molar-refractivity contribution in [1.29, 1.82) is 0 Å². The minimum absolute atomic E-state index is 0.0602. The van der Waals surface area contributed by atoms with Crippen LogP contribution in [0.2, 0.25) is 0 Å². The first-order valence-corrected chi connectivity index (χ1v) is 10.3. The van der Waals surface area contributed by atoms with Crippen LogP contribution >= 0.6 is 0 Å². The van der Waals surface area contributed by atoms with Gasteiger partial charge in [-0.3, -0.25) is 4.90 Å². The van der Waals surface area contributed by atoms with E-state index in [2.05, 4.69) is 22.0 Å². The fourth-order valence-electron chi connectivity index (χ4n) is 5.04. The Morgan fingerprint density at radius 2 is 1.69 bits per heavy atom. The number of piperidine rings is 1. The van der Waals surface area contributed by atoms with E-state index in [9.17, 15) is 4.79 Å². The van der Waals surface area contributed by atoms with Crippen LogP contribution in [0.15, 0.2) is 30.3 Å². The number of fused-ring (bicyclic) bond motifs is 1. The summed E-state index contributed by atoms with van der Waals surface area (Å²) in [5.74, 6) is 1.32. The van der Waals surface area contributed by atoms with Crippen molar-refractivity contribution in [2.24, 2.45) is 11.8 Å². The Morgan fingerprint density at radius 1 is 1.04 bits per heavy atom. The molecule has 0 radical (unpaired) electrons. The van der Waals surface area contributed by atoms with E-state index in [0.29, 0.717) is 11.8 Å². The number of amides is 2. The van der Waals surface area contributed by atoms with Crippen LogP contribution in [0.1, 0.15) is 26.2 Å². The molecule has 5 nitrogen and oxygen atoms in total. The molecule has 2 unspecified atom stereocenters. The van der Waals surface area contributed by atoms with Gasteiger partial charge in [0.1, 0.15) is 0 Å². The summed E-state index contributed by atoms with van der Waals surface area (Å²) in [6, 6.07) is 10.6. The molecule has 3 heterocycles. The predicted molar refractivity (Wildman–Crippen MR) is 105 cm³/mol. The summed E-state index contributed by atoms with van der Waals surface area (Å²) in [5.41, 5.74) is 0.884. The normalized spacial score (nSPS) is 27.7. The van der Waals surface area contributed by atoms with Crippen LogP contribution in [0.3, 0.4) is 0 Å². The maximum atomic E-state index is 12.5. The molecule has 1 N–H and O–H groups in total. The maximum Gasteiger partial charge on any atom is 0.321 e. The zero-order chi connectivity index (χ0) is 17.9. The molecule has 3 aliphatic heterocycles. The standard InChI is InChI=1S/C21H32N4O/c1-2-10-23-11-8-20(9-12-23)24-13-17-15-25(16-18(17)14-24)21(26)22-19-6-4-3-5-7-19/h3-7,17-18,20H,2,8-16H2,1H3,(H,22,26). The molecule has 0 aliphatic carbocycles. The summed E-state index contributed by atoms with van der Waals surface area (Å²) in [5, 5.41) is 3.03. The summed E-state index contributed by atoms with van der Waals surface area (Å²) in [6.45, 7) is 10.2. The average Bonchev–Trinajstić information content (AvgIpc) is 3.23. The first-order chi connectivity index (χ1) is 12.7. The number of urea groups is 1. The zero-order valence-electron chi connectivity index (χ0n) is 15.9. The van der Waals surface area contributed by atoms with Crippen LogP contribution in [0.25, 0.3) is 0 Å². The van der Waals surface area contributed by atoms with Gasteiger partial charge in [-0.2, -0.15) is 0 Å². The number of para-hydroxylation sites is 1. The minimum Gasteiger partial charge on any atom is -0.324 e. The number of nitrogens with zero attached hydrogens (tertiary/aromatic N) is 3. The first-order valence-electron chi connectivity index (χ1n) is 10.3. The fraction of sp³-hybridized carbons (Fsp3) is 0.667. The number of hydrogen-bond donors (Lipinski definition) is 1. The number of benzene rings is 1. The third-order valence-electron chi connectivity index (χ3n) is 6.44. The molecule has 2 amide bonds. The summed E-state index contributed by atoms with van der Waals surface area (Å²) >= 11 is 0. The molecule has 1 aromatic carbocycles. The van der Waals surface area contributed by atoms with Gasteiger partial charge in [0.2, 0.25) is 0 Å². The maximum absolute atomic E-state index is 12.5. The second kappa shape index (κ2) is 7.97. The second-order valence-corrected chi connectivity index (χ2v) is 8.25. The zero-order valence-corrected chi connectivity index (χ0v) is 15.9. The molecule has 3 aliphatic rings. The lowest BCUT2D eigenvalue weighted by Gasteiger charge is -2.37. The Hall–Kier alpha value is -1.59. The van der Waals surface area contributed by atoms with Crippen molar-refractivity contribution >= 4 is 11.7 Å². The van der Waals surface area contributed by atoms with Gasteiger partial charge >= 0.3 is 6.03 Å². The van der Waals surface area contributed by atoms with E-state index in [-0.39, 0.29) is 6.03 Å². The monoisotopic (exact) mass is 356 g/mol. The number of carbonyl (C=O) groups is 1. The van der Waals surface area contributed by atoms with Crippen LogP contribution in [0.4, 0.5) is 10.5 Å². The summed E-state index contributed by atoms with van der Waals surface area (Å²) in [6.07, 6.45) is 3.90. The first kappa shape index (κ1) is 17.8. The molecule has 3 saturated heterocycles. The molecule has 0 spiro atoms. The molecule has 5 heteroatoms. The molecule has 26 heavy (non-hydrogen) atoms. The highest BCUT2D eigenvalue weighted by molar-refractivity contribution is 5.89. The van der Waals surface area contributed by atoms with Gasteiger partial charge in [-0.25, -0.2) is 4.79 Å². The van der Waals surface area contributed by atoms with Gasteiger partial charge in [0, 0.05) is 37.9 Å². The van der Waals surface area contributed by atoms with Gasteiger partial charge in [0.05, 0.1) is 0 Å². The molecular formula is C21H32N4O. The predicted octanol–water partition coefficient (Wildman–Crippen LogP) is 2.96. The lowest BCUT2D eigenvalue weighted by molar-refractivity contribution is 0.118. The van der Waals surface area contributed by atoms with Crippen molar-refractivity contribution in [3.8, 4) is 0 Å². The summed E-state index contributed by atoms with van der Waals surface area (Å²) in [7, 11) is 0. The molecule has 4 rings (SSSR count). The summed E-state index contributed by atoms with van der Waals surface area (Å²) < 4.78 is 0. The highest BCUT2D eigenvalue weighted by atomic mass is 16.2. The van der Waals surface area contributed by atoms with Crippen molar-refractivity contribution in [2.45, 2.75) is 32.2 Å². The Balaban J connectivity index is 1.25. The van der Waals surface area contributed by atoms with Crippen LogP contribution < -0.4 is 5.32 Å². The van der Waals surface area contributed by atoms with Crippen LogP contribution in [-0.4, -0.2) is 72.6 Å². The van der Waals surface area contributed by atoms with E-state index in [1.54, 1.807) is 0 Å². The smallest absolute Gasteiger partial charge is 0.321 e. The lowest BCUT2D eigenvalue weighted by atomic mass is 10.0. The van der Waals surface area contributed by atoms with Gasteiger partial charge in [0.15, 0.2) is 0 Å². The quantitative estimate of drug-likeness (QED) is 0.901. The minimum atomic E-state index is 0.0602. The molecular weight excluding hydrogens is 324 g/mol. The van der Waals surface area contributed by atoms with Crippen molar-refractivity contribution in [1.82, 2.24) is 14.7 Å². The third kappa shape index (κ3) is 3.89. The fourth-order valence-corrected chi connectivity index (χ4v) is 5.04. The van der Waals surface area contributed by atoms with Crippen LogP contribution in [0.5, 0.6) is 0 Å². The van der Waals surface area contributed by atoms with Gasteiger partial charge in [-0.05, 0) is 62.9 Å². The van der Waals surface area contributed by atoms with E-state index >= 15 is 0 Å². The van der Waals surface area contributed by atoms with Crippen LogP contribution in [0, 0.1) is 11.8 Å². The number of likely N-dealkylation sites (tertiary alicyclic amines) is 3. The van der Waals surface area contributed by atoms with Gasteiger partial charge in [-0.15, -0.1) is 0 Å². The molecule has 2 atom stereocenters. The topological polar surface area (TPSA) is 38.8 Å². The van der Waals surface area contributed by atoms with Gasteiger partial charge in [0.25, 0.3) is 0 Å². The molecule has 0 aromatic heterocycles. The van der Waals surface area contributed by atoms with Crippen LogP contribution in [-0.2, 0) is 0 Å². The van der Waals surface area contributed by atoms with Crippen molar-refractivity contribution in [2.75, 3.05) is 51.1 Å². The Labute approximate surface area is 157 Å². The molecule has 142 valence electrons. The number of carbonyl (C=O) groups excluding carboxylic acids is 1. The second-order valence-electron chi connectivity index (χ2n) is 8.25. The molecule has 0 saturated carbocycles.